The van der Waals surface area contributed by atoms with Crippen LogP contribution in [0.1, 0.15) is 5.82 Å². The zero-order chi connectivity index (χ0) is 28.6. The van der Waals surface area contributed by atoms with Crippen LogP contribution < -0.4 is 16.2 Å². The number of β-lactam (4-membered cyclic amide) rings is 1. The van der Waals surface area contributed by atoms with E-state index in [0.717, 1.165) is 16.4 Å². The highest BCUT2D eigenvalue weighted by molar-refractivity contribution is 8.00. The third-order valence-corrected chi connectivity index (χ3v) is 7.93. The molecule has 0 spiro atoms. The molecule has 1 aromatic heterocycles. The Kier molecular flexibility index (Phi) is 10.7. The van der Waals surface area contributed by atoms with Crippen molar-refractivity contribution in [2.75, 3.05) is 64.3 Å². The van der Waals surface area contributed by atoms with Crippen LogP contribution in [0, 0.1) is 0 Å². The van der Waals surface area contributed by atoms with Crippen molar-refractivity contribution < 1.29 is 48.5 Å². The molecule has 2 amide bonds. The summed E-state index contributed by atoms with van der Waals surface area (Å²) in [5.41, 5.74) is 4.96. The fraction of sp³-hybridized carbons (Fsp3) is 0.524. The molecule has 18 heteroatoms. The number of allylic oxidation sites excluding steroid dienone is 1. The van der Waals surface area contributed by atoms with Gasteiger partial charge in [0.05, 0.1) is 38.0 Å². The Morgan fingerprint density at radius 1 is 1.28 bits per heavy atom. The number of aliphatic carboxylic acids is 1. The smallest absolute Gasteiger partial charge is 0.278 e. The van der Waals surface area contributed by atoms with E-state index < -0.39 is 41.8 Å². The molecule has 2 atom stereocenters. The number of anilines is 1. The second-order valence-corrected chi connectivity index (χ2v) is 10.3. The Bertz CT molecular complexity index is 1140. The highest BCUT2D eigenvalue weighted by atomic mass is 32.2. The third-order valence-electron chi connectivity index (χ3n) is 6.09. The van der Waals surface area contributed by atoms with E-state index in [1.54, 1.807) is 6.08 Å². The molecule has 1 aromatic rings. The van der Waals surface area contributed by atoms with Crippen LogP contribution in [0.25, 0.3) is 0 Å². The van der Waals surface area contributed by atoms with Gasteiger partial charge in [0, 0.05) is 17.3 Å². The first-order valence-corrected chi connectivity index (χ1v) is 13.4. The highest BCUT2D eigenvalue weighted by Crippen LogP contribution is 2.40. The van der Waals surface area contributed by atoms with Crippen molar-refractivity contribution >= 4 is 51.9 Å². The maximum atomic E-state index is 12.9. The molecule has 2 aliphatic rings. The van der Waals surface area contributed by atoms with Gasteiger partial charge in [0.2, 0.25) is 11.5 Å². The van der Waals surface area contributed by atoms with E-state index in [9.17, 15) is 39.2 Å². The Morgan fingerprint density at radius 2 is 1.95 bits per heavy atom. The number of carbonyl (C=O) groups is 3. The second kappa shape index (κ2) is 13.8. The first-order valence-electron chi connectivity index (χ1n) is 11.6. The van der Waals surface area contributed by atoms with E-state index in [0.29, 0.717) is 5.57 Å². The normalized spacial score (nSPS) is 19.7. The summed E-state index contributed by atoms with van der Waals surface area (Å²) in [5, 5.41) is 45.4. The lowest BCUT2D eigenvalue weighted by atomic mass is 10.0. The molecular formula is C21H28FN7O8S2. The molecule has 6 N–H and O–H groups in total. The number of thioether (sulfide) groups is 1. The molecule has 1 saturated heterocycles. The number of carboxylic acids is 1. The largest absolute Gasteiger partial charge is 0.543 e. The van der Waals surface area contributed by atoms with Gasteiger partial charge in [0.25, 0.3) is 18.7 Å². The Labute approximate surface area is 230 Å². The lowest BCUT2D eigenvalue weighted by Crippen LogP contribution is -2.71. The van der Waals surface area contributed by atoms with Crippen LogP contribution >= 0.6 is 23.3 Å². The van der Waals surface area contributed by atoms with Crippen LogP contribution in [0.15, 0.2) is 28.6 Å². The summed E-state index contributed by atoms with van der Waals surface area (Å²) in [6, 6.07) is -1.13. The first kappa shape index (κ1) is 30.4. The minimum atomic E-state index is -1.58. The number of amides is 2. The van der Waals surface area contributed by atoms with Crippen LogP contribution in [-0.2, 0) is 19.2 Å². The lowest BCUT2D eigenvalue weighted by Gasteiger charge is -2.50. The van der Waals surface area contributed by atoms with E-state index in [1.165, 1.54) is 17.8 Å². The Balaban J connectivity index is 1.77. The van der Waals surface area contributed by atoms with Gasteiger partial charge >= 0.3 is 0 Å². The molecule has 15 nitrogen and oxygen atoms in total. The summed E-state index contributed by atoms with van der Waals surface area (Å²) in [4.78, 5) is 46.9. The zero-order valence-electron chi connectivity index (χ0n) is 20.6. The van der Waals surface area contributed by atoms with Crippen molar-refractivity contribution in [2.24, 2.45) is 5.16 Å². The standard InChI is InChI=1S/C21H28FN7O8S2/c22-11-37-26-13(16-25-21(23)39-27-16)17(33)24-14-18(34)28-15(20(35)36)12(10-38-19(14)28)2-1-3-29(4-7-30,5-8-31)6-9-32/h1-2,14,19,30-32H,3-11H2,(H3-,23,24,25,27,33,35,36)/b2-1+,26-13-/t14-,19-/m1/s1. The van der Waals surface area contributed by atoms with Gasteiger partial charge in [0.15, 0.2) is 5.13 Å². The fourth-order valence-corrected chi connectivity index (χ4v) is 5.99. The van der Waals surface area contributed by atoms with Crippen LogP contribution in [0.3, 0.4) is 0 Å². The number of oxime groups is 1. The average molecular weight is 590 g/mol. The molecule has 0 radical (unpaired) electrons. The number of alkyl halides is 1. The predicted octanol–water partition coefficient (Wildman–Crippen LogP) is -3.48. The number of nitrogens with one attached hydrogen (secondary N) is 1. The molecular weight excluding hydrogens is 561 g/mol. The number of aliphatic hydroxyl groups is 3. The topological polar surface area (TPSA) is 224 Å². The Morgan fingerprint density at radius 3 is 2.49 bits per heavy atom. The summed E-state index contributed by atoms with van der Waals surface area (Å²) in [7, 11) is 0. The average Bonchev–Trinajstić information content (AvgIpc) is 3.33. The minimum Gasteiger partial charge on any atom is -0.543 e. The summed E-state index contributed by atoms with van der Waals surface area (Å²) in [6.45, 7) is -0.766. The van der Waals surface area contributed by atoms with Crippen molar-refractivity contribution in [1.29, 1.82) is 0 Å². The molecule has 2 aliphatic heterocycles. The van der Waals surface area contributed by atoms with Gasteiger partial charge in [-0.05, 0) is 11.6 Å². The summed E-state index contributed by atoms with van der Waals surface area (Å²) < 4.78 is 16.5. The van der Waals surface area contributed by atoms with Gasteiger partial charge in [0.1, 0.15) is 31.0 Å². The number of aromatic nitrogens is 2. The van der Waals surface area contributed by atoms with E-state index in [-0.39, 0.29) is 72.9 Å². The van der Waals surface area contributed by atoms with E-state index in [4.69, 9.17) is 5.73 Å². The predicted molar refractivity (Wildman–Crippen MR) is 135 cm³/mol. The van der Waals surface area contributed by atoms with Gasteiger partial charge in [-0.3, -0.25) is 14.5 Å². The van der Waals surface area contributed by atoms with Crippen molar-refractivity contribution in [3.05, 3.63) is 29.2 Å². The minimum absolute atomic E-state index is 0.0175. The molecule has 0 aromatic carbocycles. The number of nitrogens with two attached hydrogens (primary N) is 1. The van der Waals surface area contributed by atoms with E-state index >= 15 is 0 Å². The van der Waals surface area contributed by atoms with Crippen molar-refractivity contribution in [3.8, 4) is 0 Å². The lowest BCUT2D eigenvalue weighted by molar-refractivity contribution is -0.923. The summed E-state index contributed by atoms with van der Waals surface area (Å²) in [6.07, 6.45) is 3.19. The number of rotatable bonds is 15. The third kappa shape index (κ3) is 6.89. The molecule has 3 rings (SSSR count). The molecule has 0 saturated carbocycles. The molecule has 1 fully saturated rings. The van der Waals surface area contributed by atoms with Crippen LogP contribution in [0.4, 0.5) is 9.52 Å². The number of halogens is 1. The van der Waals surface area contributed by atoms with Crippen LogP contribution in [0.5, 0.6) is 0 Å². The van der Waals surface area contributed by atoms with Crippen LogP contribution in [-0.4, -0.2) is 128 Å². The van der Waals surface area contributed by atoms with Gasteiger partial charge in [-0.15, -0.1) is 11.8 Å². The maximum absolute atomic E-state index is 12.9. The number of fused-ring (bicyclic) bond motifs is 1. The number of hydrogen-bond donors (Lipinski definition) is 5. The number of nitrogens with zero attached hydrogens (tertiary/aromatic N) is 5. The molecule has 0 aliphatic carbocycles. The number of aliphatic hydroxyl groups excluding tert-OH is 3. The quantitative estimate of drug-likeness (QED) is 0.0582. The maximum Gasteiger partial charge on any atom is 0.278 e. The molecule has 3 heterocycles. The van der Waals surface area contributed by atoms with Gasteiger partial charge in [-0.2, -0.15) is 9.36 Å². The number of nitrogen functional groups attached to an aromatic ring is 1. The van der Waals surface area contributed by atoms with Crippen molar-refractivity contribution in [2.45, 2.75) is 11.4 Å². The highest BCUT2D eigenvalue weighted by Gasteiger charge is 2.53. The molecule has 0 unspecified atom stereocenters. The van der Waals surface area contributed by atoms with Gasteiger partial charge in [-0.25, -0.2) is 4.39 Å². The zero-order valence-corrected chi connectivity index (χ0v) is 22.2. The van der Waals surface area contributed by atoms with Crippen molar-refractivity contribution in [3.63, 3.8) is 0 Å². The number of carboxylic acid groups (broad SMARTS) is 1. The monoisotopic (exact) mass is 589 g/mol. The molecule has 39 heavy (non-hydrogen) atoms. The Hall–Kier alpha value is -3.16. The van der Waals surface area contributed by atoms with Crippen molar-refractivity contribution in [1.82, 2.24) is 19.6 Å². The first-order chi connectivity index (χ1) is 18.7. The summed E-state index contributed by atoms with van der Waals surface area (Å²) >= 11 is 1.96. The van der Waals surface area contributed by atoms with Gasteiger partial charge in [-0.1, -0.05) is 11.2 Å². The number of carbonyl (C=O) groups excluding carboxylic acids is 3. The molecule has 214 valence electrons. The summed E-state index contributed by atoms with van der Waals surface area (Å²) in [5.74, 6) is -3.32. The SMILES string of the molecule is Nc1nc(/C(=N/OCF)C(=O)N[C@@H]2C(=O)N3C(C(=O)[O-])=C(/C=C/C[N+](CCO)(CCO)CCO)CS[C@H]23)ns1. The van der Waals surface area contributed by atoms with E-state index in [2.05, 4.69) is 24.7 Å². The fourth-order valence-electron chi connectivity index (χ4n) is 4.24. The van der Waals surface area contributed by atoms with Gasteiger partial charge < -0.3 is 45.6 Å². The number of quaternary nitrogens is 1. The van der Waals surface area contributed by atoms with Crippen LogP contribution in [0.2, 0.25) is 0 Å². The van der Waals surface area contributed by atoms with E-state index in [1.807, 2.05) is 0 Å². The second-order valence-electron chi connectivity index (χ2n) is 8.42. The number of hydrogen-bond acceptors (Lipinski definition) is 14. The molecule has 0 bridgehead atoms.